The molecule has 1 aliphatic rings. The van der Waals surface area contributed by atoms with Gasteiger partial charge in [-0.3, -0.25) is 4.79 Å². The Bertz CT molecular complexity index is 416. The molecule has 92 valence electrons. The van der Waals surface area contributed by atoms with Crippen LogP contribution in [0.3, 0.4) is 0 Å². The molecule has 0 bridgehead atoms. The Morgan fingerprint density at radius 2 is 2.29 bits per heavy atom. The van der Waals surface area contributed by atoms with Gasteiger partial charge in [0.2, 0.25) is 0 Å². The van der Waals surface area contributed by atoms with Gasteiger partial charge in [-0.2, -0.15) is 11.8 Å². The lowest BCUT2D eigenvalue weighted by molar-refractivity contribution is -0.118. The highest BCUT2D eigenvalue weighted by atomic mass is 35.5. The average molecular weight is 273 g/mol. The highest BCUT2D eigenvalue weighted by Crippen LogP contribution is 2.27. The predicted molar refractivity (Wildman–Crippen MR) is 70.2 cm³/mol. The molecule has 0 amide bonds. The maximum atomic E-state index is 13.0. The van der Waals surface area contributed by atoms with Gasteiger partial charge in [-0.1, -0.05) is 24.1 Å². The zero-order chi connectivity index (χ0) is 12.3. The second kappa shape index (κ2) is 5.87. The molecule has 1 unspecified atom stereocenters. The number of Topliss-reactive ketones (excluding diaryl/α,β-unsaturated/α-hetero) is 1. The van der Waals surface area contributed by atoms with Gasteiger partial charge in [0.1, 0.15) is 11.6 Å². The van der Waals surface area contributed by atoms with Gasteiger partial charge in [-0.25, -0.2) is 4.39 Å². The number of rotatable bonds is 3. The van der Waals surface area contributed by atoms with E-state index in [2.05, 4.69) is 0 Å². The van der Waals surface area contributed by atoms with E-state index in [9.17, 15) is 9.18 Å². The maximum absolute atomic E-state index is 13.0. The van der Waals surface area contributed by atoms with Crippen LogP contribution in [0, 0.1) is 5.82 Å². The van der Waals surface area contributed by atoms with Crippen molar-refractivity contribution in [2.24, 2.45) is 0 Å². The minimum atomic E-state index is -0.435. The molecule has 0 saturated carbocycles. The molecule has 0 aromatic heterocycles. The fourth-order valence-corrected chi connectivity index (χ4v) is 3.42. The normalized spacial score (nSPS) is 20.2. The Balaban J connectivity index is 1.99. The van der Waals surface area contributed by atoms with Crippen LogP contribution in [0.1, 0.15) is 24.8 Å². The zero-order valence-electron chi connectivity index (χ0n) is 9.42. The van der Waals surface area contributed by atoms with E-state index in [-0.39, 0.29) is 16.1 Å². The molecule has 1 fully saturated rings. The van der Waals surface area contributed by atoms with Gasteiger partial charge in [0.15, 0.2) is 0 Å². The summed E-state index contributed by atoms with van der Waals surface area (Å²) in [6.45, 7) is 0. The van der Waals surface area contributed by atoms with Crippen LogP contribution in [-0.2, 0) is 11.2 Å². The minimum absolute atomic E-state index is 0.0894. The Morgan fingerprint density at radius 3 is 2.94 bits per heavy atom. The molecule has 2 rings (SSSR count). The number of hydrogen-bond acceptors (Lipinski definition) is 2. The fraction of sp³-hybridized carbons (Fsp3) is 0.462. The second-order valence-corrected chi connectivity index (χ2v) is 5.96. The third kappa shape index (κ3) is 3.46. The number of halogens is 2. The summed E-state index contributed by atoms with van der Waals surface area (Å²) in [5, 5.41) is 0.208. The molecular weight excluding hydrogens is 259 g/mol. The third-order valence-electron chi connectivity index (χ3n) is 2.90. The summed E-state index contributed by atoms with van der Waals surface area (Å²) in [4.78, 5) is 12.0. The first-order valence-electron chi connectivity index (χ1n) is 5.75. The second-order valence-electron chi connectivity index (χ2n) is 4.25. The first-order valence-corrected chi connectivity index (χ1v) is 7.18. The van der Waals surface area contributed by atoms with E-state index in [4.69, 9.17) is 11.6 Å². The zero-order valence-corrected chi connectivity index (χ0v) is 11.0. The molecule has 4 heteroatoms. The lowest BCUT2D eigenvalue weighted by Gasteiger charge is -2.19. The molecular formula is C13H14ClFOS. The highest BCUT2D eigenvalue weighted by molar-refractivity contribution is 8.00. The summed E-state index contributed by atoms with van der Waals surface area (Å²) in [6.07, 6.45) is 3.67. The minimum Gasteiger partial charge on any atom is -0.298 e. The number of ketones is 1. The van der Waals surface area contributed by atoms with Crippen LogP contribution in [0.15, 0.2) is 18.2 Å². The van der Waals surface area contributed by atoms with Crippen LogP contribution in [0.2, 0.25) is 5.02 Å². The van der Waals surface area contributed by atoms with Gasteiger partial charge < -0.3 is 0 Å². The first kappa shape index (κ1) is 12.9. The molecule has 1 aromatic carbocycles. The summed E-state index contributed by atoms with van der Waals surface area (Å²) in [7, 11) is 0. The van der Waals surface area contributed by atoms with E-state index < -0.39 is 5.82 Å². The lowest BCUT2D eigenvalue weighted by Crippen LogP contribution is -2.22. The topological polar surface area (TPSA) is 17.1 Å². The molecule has 1 aliphatic heterocycles. The van der Waals surface area contributed by atoms with E-state index in [0.717, 1.165) is 24.2 Å². The van der Waals surface area contributed by atoms with Crippen molar-refractivity contribution in [2.45, 2.75) is 30.9 Å². The predicted octanol–water partition coefficient (Wildman–Crippen LogP) is 3.88. The van der Waals surface area contributed by atoms with Crippen LogP contribution in [-0.4, -0.2) is 16.8 Å². The number of thioether (sulfide) groups is 1. The van der Waals surface area contributed by atoms with E-state index >= 15 is 0 Å². The van der Waals surface area contributed by atoms with Gasteiger partial charge >= 0.3 is 0 Å². The van der Waals surface area contributed by atoms with Crippen molar-refractivity contribution in [3.8, 4) is 0 Å². The van der Waals surface area contributed by atoms with Gasteiger partial charge in [0.05, 0.1) is 10.3 Å². The smallest absolute Gasteiger partial charge is 0.150 e. The van der Waals surface area contributed by atoms with Crippen molar-refractivity contribution in [1.29, 1.82) is 0 Å². The summed E-state index contributed by atoms with van der Waals surface area (Å²) in [5.41, 5.74) is 0.799. The van der Waals surface area contributed by atoms with Crippen molar-refractivity contribution < 1.29 is 9.18 Å². The van der Waals surface area contributed by atoms with E-state index in [1.807, 2.05) is 0 Å². The van der Waals surface area contributed by atoms with Crippen LogP contribution >= 0.6 is 23.4 Å². The molecule has 0 N–H and O–H groups in total. The van der Waals surface area contributed by atoms with Crippen LogP contribution in [0.25, 0.3) is 0 Å². The average Bonchev–Trinajstić information content (AvgIpc) is 2.35. The fourth-order valence-electron chi connectivity index (χ4n) is 1.96. The van der Waals surface area contributed by atoms with Gasteiger partial charge in [-0.05, 0) is 36.3 Å². The molecule has 1 aromatic rings. The molecule has 1 atom stereocenters. The molecule has 1 heterocycles. The van der Waals surface area contributed by atoms with Crippen LogP contribution in [0.4, 0.5) is 4.39 Å². The largest absolute Gasteiger partial charge is 0.298 e. The highest BCUT2D eigenvalue weighted by Gasteiger charge is 2.21. The SMILES string of the molecule is O=C(Cc1ccc(F)c(Cl)c1)C1CCCCS1. The van der Waals surface area contributed by atoms with Crippen molar-refractivity contribution in [3.05, 3.63) is 34.6 Å². The quantitative estimate of drug-likeness (QED) is 0.831. The molecule has 0 aliphatic carbocycles. The van der Waals surface area contributed by atoms with Gasteiger partial charge in [0.25, 0.3) is 0 Å². The van der Waals surface area contributed by atoms with Crippen molar-refractivity contribution in [2.75, 3.05) is 5.75 Å². The molecule has 0 radical (unpaired) electrons. The van der Waals surface area contributed by atoms with Gasteiger partial charge in [0, 0.05) is 6.42 Å². The number of carbonyl (C=O) groups excluding carboxylic acids is 1. The van der Waals surface area contributed by atoms with Crippen LogP contribution in [0.5, 0.6) is 0 Å². The Morgan fingerprint density at radius 1 is 1.47 bits per heavy atom. The summed E-state index contributed by atoms with van der Waals surface area (Å²) >= 11 is 7.43. The molecule has 0 spiro atoms. The van der Waals surface area contributed by atoms with Gasteiger partial charge in [-0.15, -0.1) is 0 Å². The van der Waals surface area contributed by atoms with E-state index in [1.165, 1.54) is 12.5 Å². The maximum Gasteiger partial charge on any atom is 0.150 e. The summed E-state index contributed by atoms with van der Waals surface area (Å²) < 4.78 is 13.0. The van der Waals surface area contributed by atoms with E-state index in [1.54, 1.807) is 23.9 Å². The molecule has 17 heavy (non-hydrogen) atoms. The Kier molecular flexibility index (Phi) is 4.46. The monoisotopic (exact) mass is 272 g/mol. The summed E-state index contributed by atoms with van der Waals surface area (Å²) in [5.74, 6) is 0.868. The first-order chi connectivity index (χ1) is 8.16. The number of benzene rings is 1. The Labute approximate surface area is 110 Å². The third-order valence-corrected chi connectivity index (χ3v) is 4.62. The lowest BCUT2D eigenvalue weighted by atomic mass is 10.0. The number of hydrogen-bond donors (Lipinski definition) is 0. The van der Waals surface area contributed by atoms with Crippen LogP contribution < -0.4 is 0 Å². The Hall–Kier alpha value is -0.540. The van der Waals surface area contributed by atoms with Crippen molar-refractivity contribution in [1.82, 2.24) is 0 Å². The number of carbonyl (C=O) groups is 1. The molecule has 1 saturated heterocycles. The van der Waals surface area contributed by atoms with E-state index in [0.29, 0.717) is 6.42 Å². The summed E-state index contributed by atoms with van der Waals surface area (Å²) in [6, 6.07) is 4.49. The standard InChI is InChI=1S/C13H14ClFOS/c14-10-7-9(4-5-11(10)15)8-12(16)13-3-1-2-6-17-13/h4-5,7,13H,1-3,6,8H2. The van der Waals surface area contributed by atoms with Crippen molar-refractivity contribution >= 4 is 29.1 Å². The molecule has 1 nitrogen and oxygen atoms in total. The van der Waals surface area contributed by atoms with Crippen molar-refractivity contribution in [3.63, 3.8) is 0 Å².